The van der Waals surface area contributed by atoms with Crippen molar-refractivity contribution < 1.29 is 23.9 Å². The van der Waals surface area contributed by atoms with Crippen molar-refractivity contribution >= 4 is 17.7 Å². The van der Waals surface area contributed by atoms with Crippen LogP contribution in [0.2, 0.25) is 0 Å². The van der Waals surface area contributed by atoms with Crippen LogP contribution >= 0.6 is 0 Å². The summed E-state index contributed by atoms with van der Waals surface area (Å²) in [7, 11) is 0. The van der Waals surface area contributed by atoms with Crippen LogP contribution < -0.4 is 4.74 Å². The molecule has 0 heterocycles. The van der Waals surface area contributed by atoms with Crippen molar-refractivity contribution in [1.29, 1.82) is 0 Å². The Balaban J connectivity index is 2.88. The van der Waals surface area contributed by atoms with Crippen LogP contribution in [0.3, 0.4) is 0 Å². The largest absolute Gasteiger partial charge is 0.448 e. The van der Waals surface area contributed by atoms with Gasteiger partial charge in [-0.15, -0.1) is 0 Å². The monoisotopic (exact) mass is 288 g/mol. The highest BCUT2D eigenvalue weighted by molar-refractivity contribution is 6.03. The topological polar surface area (TPSA) is 69.7 Å². The molecule has 0 unspecified atom stereocenters. The summed E-state index contributed by atoms with van der Waals surface area (Å²) in [4.78, 5) is 34.5. The van der Waals surface area contributed by atoms with Gasteiger partial charge in [-0.3, -0.25) is 4.79 Å². The Kier molecular flexibility index (Phi) is 5.18. The zero-order valence-corrected chi connectivity index (χ0v) is 11.9. The Morgan fingerprint density at radius 3 is 2.00 bits per heavy atom. The Morgan fingerprint density at radius 2 is 1.52 bits per heavy atom. The number of rotatable bonds is 6. The van der Waals surface area contributed by atoms with E-state index in [2.05, 4.69) is 13.2 Å². The molecule has 0 saturated heterocycles. The maximum Gasteiger partial charge on any atom is 0.335 e. The molecule has 0 spiro atoms. The van der Waals surface area contributed by atoms with Crippen LogP contribution in [-0.2, 0) is 14.3 Å². The first-order valence-electron chi connectivity index (χ1n) is 6.14. The van der Waals surface area contributed by atoms with Crippen LogP contribution in [0.1, 0.15) is 24.2 Å². The molecule has 21 heavy (non-hydrogen) atoms. The van der Waals surface area contributed by atoms with Crippen LogP contribution in [0.5, 0.6) is 5.75 Å². The molecule has 0 aliphatic heterocycles. The third kappa shape index (κ3) is 4.42. The molecule has 0 amide bonds. The van der Waals surface area contributed by atoms with E-state index in [1.165, 1.54) is 38.1 Å². The smallest absolute Gasteiger partial charge is 0.335 e. The van der Waals surface area contributed by atoms with Crippen molar-refractivity contribution in [3.8, 4) is 5.75 Å². The number of carbonyl (C=O) groups excluding carboxylic acids is 3. The fourth-order valence-electron chi connectivity index (χ4n) is 1.52. The van der Waals surface area contributed by atoms with E-state index < -0.39 is 17.5 Å². The van der Waals surface area contributed by atoms with Gasteiger partial charge in [0.05, 0.1) is 0 Å². The van der Waals surface area contributed by atoms with Gasteiger partial charge in [-0.1, -0.05) is 13.2 Å². The third-order valence-electron chi connectivity index (χ3n) is 2.57. The summed E-state index contributed by atoms with van der Waals surface area (Å²) < 4.78 is 9.91. The number of esters is 2. The van der Waals surface area contributed by atoms with Gasteiger partial charge in [-0.2, -0.15) is 0 Å². The summed E-state index contributed by atoms with van der Waals surface area (Å²) in [5.41, 5.74) is -0.986. The normalized spacial score (nSPS) is 10.4. The van der Waals surface area contributed by atoms with Gasteiger partial charge >= 0.3 is 11.9 Å². The predicted octanol–water partition coefficient (Wildman–Crippen LogP) is 2.47. The minimum Gasteiger partial charge on any atom is -0.448 e. The molecule has 0 aliphatic rings. The lowest BCUT2D eigenvalue weighted by Gasteiger charge is -2.22. The number of Topliss-reactive ketones (excluding diaryl/α,β-unsaturated/α-hetero) is 1. The zero-order valence-electron chi connectivity index (χ0n) is 11.9. The molecule has 110 valence electrons. The molecule has 0 fully saturated rings. The standard InChI is InChI=1S/C16H16O5/c1-5-13(17)20-12-9-7-11(8-10-12)15(19)16(3,4)21-14(18)6-2/h5-10H,1-2H2,3-4H3. The van der Waals surface area contributed by atoms with Crippen LogP contribution in [0, 0.1) is 0 Å². The Hall–Kier alpha value is -2.69. The zero-order chi connectivity index (χ0) is 16.0. The minimum absolute atomic E-state index is 0.289. The molecule has 0 aromatic heterocycles. The first-order valence-corrected chi connectivity index (χ1v) is 6.14. The van der Waals surface area contributed by atoms with E-state index in [1.807, 2.05) is 0 Å². The van der Waals surface area contributed by atoms with Gasteiger partial charge < -0.3 is 9.47 Å². The van der Waals surface area contributed by atoms with E-state index >= 15 is 0 Å². The van der Waals surface area contributed by atoms with Crippen molar-refractivity contribution in [2.24, 2.45) is 0 Å². The van der Waals surface area contributed by atoms with Crippen molar-refractivity contribution in [1.82, 2.24) is 0 Å². The Labute approximate surface area is 122 Å². The second kappa shape index (κ2) is 6.65. The lowest BCUT2D eigenvalue weighted by atomic mass is 9.96. The molecule has 5 nitrogen and oxygen atoms in total. The van der Waals surface area contributed by atoms with Crippen molar-refractivity contribution in [2.75, 3.05) is 0 Å². The molecule has 1 rings (SSSR count). The molecule has 0 aliphatic carbocycles. The summed E-state index contributed by atoms with van der Waals surface area (Å²) in [6.07, 6.45) is 2.03. The number of hydrogen-bond acceptors (Lipinski definition) is 5. The fraction of sp³-hybridized carbons (Fsp3) is 0.188. The Bertz CT molecular complexity index is 581. The van der Waals surface area contributed by atoms with Crippen LogP contribution in [0.4, 0.5) is 0 Å². The maximum absolute atomic E-state index is 12.3. The highest BCUT2D eigenvalue weighted by Crippen LogP contribution is 2.20. The summed E-state index contributed by atoms with van der Waals surface area (Å²) >= 11 is 0. The molecule has 5 heteroatoms. The summed E-state index contributed by atoms with van der Waals surface area (Å²) in [5, 5.41) is 0. The maximum atomic E-state index is 12.3. The highest BCUT2D eigenvalue weighted by atomic mass is 16.6. The van der Waals surface area contributed by atoms with Gasteiger partial charge in [-0.05, 0) is 38.1 Å². The average molecular weight is 288 g/mol. The van der Waals surface area contributed by atoms with Gasteiger partial charge in [0.2, 0.25) is 5.78 Å². The average Bonchev–Trinajstić information content (AvgIpc) is 2.46. The molecule has 0 N–H and O–H groups in total. The molecule has 0 atom stereocenters. The minimum atomic E-state index is -1.31. The van der Waals surface area contributed by atoms with E-state index in [4.69, 9.17) is 9.47 Å². The second-order valence-electron chi connectivity index (χ2n) is 4.61. The van der Waals surface area contributed by atoms with E-state index in [-0.39, 0.29) is 11.5 Å². The van der Waals surface area contributed by atoms with Crippen LogP contribution in [-0.4, -0.2) is 23.3 Å². The lowest BCUT2D eigenvalue weighted by Crippen LogP contribution is -2.36. The molecule has 0 radical (unpaired) electrons. The second-order valence-corrected chi connectivity index (χ2v) is 4.61. The summed E-state index contributed by atoms with van der Waals surface area (Å²) in [6, 6.07) is 5.91. The van der Waals surface area contributed by atoms with Crippen molar-refractivity contribution in [2.45, 2.75) is 19.4 Å². The van der Waals surface area contributed by atoms with Gasteiger partial charge in [0.1, 0.15) is 5.75 Å². The molecule has 0 bridgehead atoms. The van der Waals surface area contributed by atoms with Crippen LogP contribution in [0.25, 0.3) is 0 Å². The van der Waals surface area contributed by atoms with Gasteiger partial charge in [0.15, 0.2) is 5.60 Å². The van der Waals surface area contributed by atoms with E-state index in [0.717, 1.165) is 12.2 Å². The Morgan fingerprint density at radius 1 is 1.00 bits per heavy atom. The van der Waals surface area contributed by atoms with E-state index in [9.17, 15) is 14.4 Å². The van der Waals surface area contributed by atoms with Crippen molar-refractivity contribution in [3.05, 3.63) is 55.1 Å². The van der Waals surface area contributed by atoms with E-state index in [0.29, 0.717) is 5.56 Å². The number of ketones is 1. The number of hydrogen-bond donors (Lipinski definition) is 0. The highest BCUT2D eigenvalue weighted by Gasteiger charge is 2.32. The molecular formula is C16H16O5. The quantitative estimate of drug-likeness (QED) is 0.348. The van der Waals surface area contributed by atoms with E-state index in [1.54, 1.807) is 0 Å². The van der Waals surface area contributed by atoms with Crippen LogP contribution in [0.15, 0.2) is 49.6 Å². The van der Waals surface area contributed by atoms with Gasteiger partial charge in [-0.25, -0.2) is 9.59 Å². The molecule has 0 saturated carbocycles. The fourth-order valence-corrected chi connectivity index (χ4v) is 1.52. The van der Waals surface area contributed by atoms with Gasteiger partial charge in [0, 0.05) is 17.7 Å². The summed E-state index contributed by atoms with van der Waals surface area (Å²) in [6.45, 7) is 9.54. The lowest BCUT2D eigenvalue weighted by molar-refractivity contribution is -0.146. The number of ether oxygens (including phenoxy) is 2. The predicted molar refractivity (Wildman–Crippen MR) is 77.0 cm³/mol. The molecule has 1 aromatic carbocycles. The molecule has 1 aromatic rings. The molecular weight excluding hydrogens is 272 g/mol. The van der Waals surface area contributed by atoms with Crippen molar-refractivity contribution in [3.63, 3.8) is 0 Å². The number of benzene rings is 1. The SMILES string of the molecule is C=CC(=O)Oc1ccc(C(=O)C(C)(C)OC(=O)C=C)cc1. The summed E-state index contributed by atoms with van der Waals surface area (Å²) in [5.74, 6) is -1.35. The first kappa shape index (κ1) is 16.4. The first-order chi connectivity index (χ1) is 9.80. The number of carbonyl (C=O) groups is 3. The van der Waals surface area contributed by atoms with Gasteiger partial charge in [0.25, 0.3) is 0 Å². The third-order valence-corrected chi connectivity index (χ3v) is 2.57.